The fourth-order valence-corrected chi connectivity index (χ4v) is 3.21. The SMILES string of the molecule is CN1OC(n2cc(-c3cn(Cc4ccccc4)nn3)c(=O)[nH]c2=O)CC1CO. The molecule has 0 aliphatic carbocycles. The topological polar surface area (TPSA) is 118 Å². The van der Waals surface area contributed by atoms with Gasteiger partial charge in [0.2, 0.25) is 0 Å². The Morgan fingerprint density at radius 1 is 1.25 bits per heavy atom. The van der Waals surface area contributed by atoms with E-state index in [-0.39, 0.29) is 18.2 Å². The molecule has 3 heterocycles. The lowest BCUT2D eigenvalue weighted by atomic mass is 10.2. The van der Waals surface area contributed by atoms with Gasteiger partial charge in [-0.2, -0.15) is 5.06 Å². The molecule has 0 bridgehead atoms. The Morgan fingerprint density at radius 3 is 2.75 bits per heavy atom. The molecule has 28 heavy (non-hydrogen) atoms. The highest BCUT2D eigenvalue weighted by molar-refractivity contribution is 5.54. The molecule has 10 heteroatoms. The van der Waals surface area contributed by atoms with Crippen molar-refractivity contribution in [1.29, 1.82) is 0 Å². The zero-order chi connectivity index (χ0) is 19.7. The van der Waals surface area contributed by atoms with Crippen molar-refractivity contribution in [3.8, 4) is 11.3 Å². The minimum Gasteiger partial charge on any atom is -0.395 e. The van der Waals surface area contributed by atoms with E-state index in [0.29, 0.717) is 18.7 Å². The molecule has 0 saturated carbocycles. The molecule has 3 aromatic rings. The first-order valence-corrected chi connectivity index (χ1v) is 8.85. The molecule has 2 unspecified atom stereocenters. The first kappa shape index (κ1) is 18.3. The molecule has 2 aromatic heterocycles. The van der Waals surface area contributed by atoms with Gasteiger partial charge in [-0.25, -0.2) is 9.48 Å². The molecule has 1 fully saturated rings. The van der Waals surface area contributed by atoms with Crippen molar-refractivity contribution in [2.24, 2.45) is 0 Å². The number of likely N-dealkylation sites (N-methyl/N-ethyl adjacent to an activating group) is 1. The van der Waals surface area contributed by atoms with E-state index in [1.807, 2.05) is 30.3 Å². The van der Waals surface area contributed by atoms with Gasteiger partial charge in [-0.1, -0.05) is 35.5 Å². The third-order valence-corrected chi connectivity index (χ3v) is 4.77. The number of aliphatic hydroxyl groups is 1. The van der Waals surface area contributed by atoms with Crippen LogP contribution in [0.15, 0.2) is 52.3 Å². The average molecular weight is 384 g/mol. The number of aliphatic hydroxyl groups excluding tert-OH is 1. The van der Waals surface area contributed by atoms with Crippen LogP contribution in [0.1, 0.15) is 18.2 Å². The molecule has 1 aliphatic rings. The van der Waals surface area contributed by atoms with Crippen LogP contribution >= 0.6 is 0 Å². The van der Waals surface area contributed by atoms with E-state index in [0.717, 1.165) is 5.56 Å². The van der Waals surface area contributed by atoms with Crippen molar-refractivity contribution in [2.45, 2.75) is 25.2 Å². The van der Waals surface area contributed by atoms with Gasteiger partial charge in [0.15, 0.2) is 6.23 Å². The highest BCUT2D eigenvalue weighted by Gasteiger charge is 2.32. The molecule has 0 amide bonds. The van der Waals surface area contributed by atoms with E-state index in [1.165, 1.54) is 15.8 Å². The first-order chi connectivity index (χ1) is 13.5. The predicted molar refractivity (Wildman–Crippen MR) is 99.3 cm³/mol. The third-order valence-electron chi connectivity index (χ3n) is 4.77. The van der Waals surface area contributed by atoms with E-state index in [9.17, 15) is 14.7 Å². The molecule has 1 aromatic carbocycles. The van der Waals surface area contributed by atoms with Crippen LogP contribution in [0.4, 0.5) is 0 Å². The molecule has 2 atom stereocenters. The lowest BCUT2D eigenvalue weighted by Gasteiger charge is -2.15. The van der Waals surface area contributed by atoms with E-state index in [4.69, 9.17) is 4.84 Å². The predicted octanol–water partition coefficient (Wildman–Crippen LogP) is -0.0300. The van der Waals surface area contributed by atoms with Crippen molar-refractivity contribution in [3.05, 3.63) is 69.1 Å². The van der Waals surface area contributed by atoms with Crippen LogP contribution in [0, 0.1) is 0 Å². The summed E-state index contributed by atoms with van der Waals surface area (Å²) in [5.41, 5.74) is 0.504. The van der Waals surface area contributed by atoms with Crippen LogP contribution in [0.2, 0.25) is 0 Å². The number of nitrogens with zero attached hydrogens (tertiary/aromatic N) is 5. The summed E-state index contributed by atoms with van der Waals surface area (Å²) in [6.45, 7) is 0.422. The Kier molecular flexibility index (Phi) is 4.90. The van der Waals surface area contributed by atoms with E-state index < -0.39 is 17.5 Å². The van der Waals surface area contributed by atoms with Crippen molar-refractivity contribution >= 4 is 0 Å². The number of hydroxylamine groups is 2. The Bertz CT molecular complexity index is 1070. The van der Waals surface area contributed by atoms with Crippen molar-refractivity contribution in [2.75, 3.05) is 13.7 Å². The van der Waals surface area contributed by atoms with Crippen LogP contribution in [0.25, 0.3) is 11.3 Å². The highest BCUT2D eigenvalue weighted by atomic mass is 16.7. The van der Waals surface area contributed by atoms with Gasteiger partial charge in [-0.3, -0.25) is 19.2 Å². The maximum atomic E-state index is 12.3. The summed E-state index contributed by atoms with van der Waals surface area (Å²) in [7, 11) is 1.69. The fourth-order valence-electron chi connectivity index (χ4n) is 3.21. The molecular weight excluding hydrogens is 364 g/mol. The lowest BCUT2D eigenvalue weighted by molar-refractivity contribution is -0.170. The summed E-state index contributed by atoms with van der Waals surface area (Å²) in [6.07, 6.45) is 2.88. The van der Waals surface area contributed by atoms with Gasteiger partial charge in [0.25, 0.3) is 5.56 Å². The lowest BCUT2D eigenvalue weighted by Crippen LogP contribution is -2.33. The Morgan fingerprint density at radius 2 is 2.04 bits per heavy atom. The summed E-state index contributed by atoms with van der Waals surface area (Å²) in [6, 6.07) is 9.53. The Balaban J connectivity index is 1.64. The van der Waals surface area contributed by atoms with Crippen LogP contribution < -0.4 is 11.2 Å². The van der Waals surface area contributed by atoms with Gasteiger partial charge >= 0.3 is 5.69 Å². The van der Waals surface area contributed by atoms with Crippen LogP contribution in [0.3, 0.4) is 0 Å². The minimum absolute atomic E-state index is 0.0915. The highest BCUT2D eigenvalue weighted by Crippen LogP contribution is 2.26. The second kappa shape index (κ2) is 7.50. The van der Waals surface area contributed by atoms with Gasteiger partial charge < -0.3 is 5.11 Å². The number of aromatic amines is 1. The minimum atomic E-state index is -0.621. The average Bonchev–Trinajstić information content (AvgIpc) is 3.29. The van der Waals surface area contributed by atoms with Crippen molar-refractivity contribution in [3.63, 3.8) is 0 Å². The number of H-pyrrole nitrogens is 1. The van der Waals surface area contributed by atoms with Crippen LogP contribution in [-0.4, -0.2) is 54.4 Å². The normalized spacial score (nSPS) is 19.9. The van der Waals surface area contributed by atoms with Gasteiger partial charge in [-0.05, 0) is 5.56 Å². The fraction of sp³-hybridized carbons (Fsp3) is 0.333. The summed E-state index contributed by atoms with van der Waals surface area (Å²) < 4.78 is 2.93. The zero-order valence-corrected chi connectivity index (χ0v) is 15.2. The quantitative estimate of drug-likeness (QED) is 0.634. The van der Waals surface area contributed by atoms with Crippen LogP contribution in [-0.2, 0) is 11.4 Å². The van der Waals surface area contributed by atoms with E-state index >= 15 is 0 Å². The number of hydrogen-bond acceptors (Lipinski definition) is 7. The second-order valence-corrected chi connectivity index (χ2v) is 6.67. The number of aromatic nitrogens is 5. The molecule has 1 aliphatic heterocycles. The first-order valence-electron chi connectivity index (χ1n) is 8.85. The van der Waals surface area contributed by atoms with Crippen molar-refractivity contribution in [1.82, 2.24) is 29.6 Å². The smallest absolute Gasteiger partial charge is 0.330 e. The molecule has 0 radical (unpaired) electrons. The van der Waals surface area contributed by atoms with E-state index in [1.54, 1.807) is 17.9 Å². The third kappa shape index (κ3) is 3.52. The number of nitrogens with one attached hydrogen (secondary N) is 1. The Hall–Kier alpha value is -3.08. The van der Waals surface area contributed by atoms with E-state index in [2.05, 4.69) is 15.3 Å². The summed E-state index contributed by atoms with van der Waals surface area (Å²) in [5.74, 6) is 0. The molecule has 146 valence electrons. The summed E-state index contributed by atoms with van der Waals surface area (Å²) in [4.78, 5) is 32.5. The molecule has 2 N–H and O–H groups in total. The summed E-state index contributed by atoms with van der Waals surface area (Å²) in [5, 5.41) is 19.0. The summed E-state index contributed by atoms with van der Waals surface area (Å²) >= 11 is 0. The monoisotopic (exact) mass is 384 g/mol. The van der Waals surface area contributed by atoms with Gasteiger partial charge in [0.1, 0.15) is 5.69 Å². The van der Waals surface area contributed by atoms with Gasteiger partial charge in [0, 0.05) is 19.7 Å². The maximum Gasteiger partial charge on any atom is 0.330 e. The van der Waals surface area contributed by atoms with Gasteiger partial charge in [-0.15, -0.1) is 5.10 Å². The number of hydrogen-bond donors (Lipinski definition) is 2. The van der Waals surface area contributed by atoms with Gasteiger partial charge in [0.05, 0.1) is 31.0 Å². The van der Waals surface area contributed by atoms with Crippen LogP contribution in [0.5, 0.6) is 0 Å². The molecule has 10 nitrogen and oxygen atoms in total. The molecule has 0 spiro atoms. The van der Waals surface area contributed by atoms with Crippen molar-refractivity contribution < 1.29 is 9.94 Å². The molecule has 1 saturated heterocycles. The largest absolute Gasteiger partial charge is 0.395 e. The number of rotatable bonds is 5. The second-order valence-electron chi connectivity index (χ2n) is 6.67. The zero-order valence-electron chi connectivity index (χ0n) is 15.2. The maximum absolute atomic E-state index is 12.3. The molecule has 4 rings (SSSR count). The molecular formula is C18H20N6O4. The Labute approximate surface area is 159 Å². The standard InChI is InChI=1S/C18H20N6O4/c1-22-13(11-25)7-16(28-22)24-9-14(17(26)19-18(24)27)15-10-23(21-20-15)8-12-5-3-2-4-6-12/h2-6,9-10,13,16,25H,7-8,11H2,1H3,(H,19,26,27). The number of benzene rings is 1.